The van der Waals surface area contributed by atoms with Crippen LogP contribution in [0.4, 0.5) is 17.5 Å². The fraction of sp³-hybridized carbons (Fsp3) is 0.360. The summed E-state index contributed by atoms with van der Waals surface area (Å²) in [6.45, 7) is 3.12. The lowest BCUT2D eigenvalue weighted by atomic mass is 10.2. The van der Waals surface area contributed by atoms with E-state index in [9.17, 15) is 4.79 Å². The predicted molar refractivity (Wildman–Crippen MR) is 143 cm³/mol. The number of hydrogen-bond donors (Lipinski definition) is 1. The van der Waals surface area contributed by atoms with Gasteiger partial charge in [-0.15, -0.1) is 0 Å². The van der Waals surface area contributed by atoms with E-state index >= 15 is 0 Å². The Morgan fingerprint density at radius 3 is 2.37 bits per heavy atom. The molecule has 4 heterocycles. The van der Waals surface area contributed by atoms with Gasteiger partial charge in [0.25, 0.3) is 0 Å². The molecule has 0 bridgehead atoms. The van der Waals surface area contributed by atoms with Crippen LogP contribution in [-0.4, -0.2) is 82.9 Å². The molecular weight excluding hydrogens is 488 g/mol. The first-order chi connectivity index (χ1) is 18.4. The fourth-order valence-electron chi connectivity index (χ4n) is 4.24. The normalized spacial score (nSPS) is 13.6. The molecule has 1 fully saturated rings. The van der Waals surface area contributed by atoms with Crippen molar-refractivity contribution in [1.29, 1.82) is 0 Å². The summed E-state index contributed by atoms with van der Waals surface area (Å²) in [7, 11) is 7.81. The van der Waals surface area contributed by atoms with E-state index in [-0.39, 0.29) is 5.56 Å². The summed E-state index contributed by atoms with van der Waals surface area (Å²) in [5.74, 6) is 6.85. The van der Waals surface area contributed by atoms with Crippen molar-refractivity contribution in [3.63, 3.8) is 0 Å². The highest BCUT2D eigenvalue weighted by Gasteiger charge is 2.23. The van der Waals surface area contributed by atoms with Crippen molar-refractivity contribution in [1.82, 2.24) is 29.5 Å². The molecule has 1 saturated heterocycles. The first kappa shape index (κ1) is 25.3. The second-order valence-electron chi connectivity index (χ2n) is 9.20. The summed E-state index contributed by atoms with van der Waals surface area (Å²) < 4.78 is 7.54. The van der Waals surface area contributed by atoms with E-state index in [4.69, 9.17) is 25.6 Å². The van der Waals surface area contributed by atoms with Crippen LogP contribution in [0.3, 0.4) is 0 Å². The van der Waals surface area contributed by atoms with Crippen LogP contribution in [0.15, 0.2) is 36.7 Å². The van der Waals surface area contributed by atoms with Gasteiger partial charge in [0.15, 0.2) is 22.8 Å². The topological polar surface area (TPSA) is 141 Å². The number of benzene rings is 1. The summed E-state index contributed by atoms with van der Waals surface area (Å²) in [6, 6.07) is 8.18. The van der Waals surface area contributed by atoms with E-state index in [2.05, 4.69) is 36.7 Å². The molecule has 1 aliphatic rings. The first-order valence-corrected chi connectivity index (χ1v) is 12.1. The van der Waals surface area contributed by atoms with Crippen molar-refractivity contribution in [3.05, 3.63) is 48.0 Å². The second kappa shape index (κ2) is 10.6. The molecule has 0 saturated carbocycles. The molecule has 0 unspecified atom stereocenters. The van der Waals surface area contributed by atoms with Crippen LogP contribution in [0.25, 0.3) is 22.6 Å². The van der Waals surface area contributed by atoms with Crippen LogP contribution >= 0.6 is 0 Å². The van der Waals surface area contributed by atoms with Crippen molar-refractivity contribution in [2.45, 2.75) is 6.54 Å². The van der Waals surface area contributed by atoms with Crippen LogP contribution < -0.4 is 20.6 Å². The highest BCUT2D eigenvalue weighted by atomic mass is 16.7. The number of rotatable bonds is 7. The second-order valence-corrected chi connectivity index (χ2v) is 9.20. The Kier molecular flexibility index (Phi) is 7.03. The zero-order chi connectivity index (χ0) is 26.8. The van der Waals surface area contributed by atoms with Crippen LogP contribution in [-0.2, 0) is 23.2 Å². The number of imidazole rings is 1. The number of nitrogens with two attached hydrogens (primary N) is 1. The Morgan fingerprint density at radius 2 is 1.74 bits per heavy atom. The average Bonchev–Trinajstić information content (AvgIpc) is 3.27. The van der Waals surface area contributed by atoms with Crippen LogP contribution in [0, 0.1) is 0 Å². The van der Waals surface area contributed by atoms with E-state index in [1.165, 1.54) is 12.4 Å². The number of nitrogens with zero attached hydrogens (tertiary/aromatic N) is 9. The van der Waals surface area contributed by atoms with Gasteiger partial charge in [0.1, 0.15) is 5.82 Å². The van der Waals surface area contributed by atoms with E-state index in [0.717, 1.165) is 47.1 Å². The molecule has 13 nitrogen and oxygen atoms in total. The minimum absolute atomic E-state index is 0.170. The maximum Gasteiger partial charge on any atom is 0.359 e. The molecule has 13 heteroatoms. The lowest BCUT2D eigenvalue weighted by molar-refractivity contribution is 0.0502. The van der Waals surface area contributed by atoms with Crippen LogP contribution in [0.1, 0.15) is 16.2 Å². The smallest absolute Gasteiger partial charge is 0.359 e. The molecule has 4 aromatic rings. The zero-order valence-corrected chi connectivity index (χ0v) is 21.8. The van der Waals surface area contributed by atoms with E-state index < -0.39 is 5.97 Å². The van der Waals surface area contributed by atoms with Crippen molar-refractivity contribution >= 4 is 34.6 Å². The third-order valence-electron chi connectivity index (χ3n) is 6.45. The number of anilines is 3. The monoisotopic (exact) mass is 518 g/mol. The maximum absolute atomic E-state index is 11.6. The molecule has 0 atom stereocenters. The Balaban J connectivity index is 1.52. The Hall–Kier alpha value is -4.36. The molecule has 38 heavy (non-hydrogen) atoms. The standard InChI is InChI=1S/C25H30N10O3/c1-32(2)18-7-5-16(6-8-18)21-30-22-20(23(31-21)35-9-11-37-12-10-35)29-19(34(22)4)15-33(3)25-27-13-17(14-28-25)24(36)38-26/h5-8,13-14H,9-12,15,26H2,1-4H3. The number of hydrogen-bond acceptors (Lipinski definition) is 12. The van der Waals surface area contributed by atoms with Gasteiger partial charge >= 0.3 is 5.97 Å². The zero-order valence-electron chi connectivity index (χ0n) is 21.8. The number of morpholine rings is 1. The van der Waals surface area contributed by atoms with Crippen molar-refractivity contribution in [2.24, 2.45) is 12.9 Å². The average molecular weight is 519 g/mol. The maximum atomic E-state index is 11.6. The summed E-state index contributed by atoms with van der Waals surface area (Å²) in [6.07, 6.45) is 2.75. The van der Waals surface area contributed by atoms with Gasteiger partial charge in [0.05, 0.1) is 25.3 Å². The number of carbonyl (C=O) groups excluding carboxylic acids is 1. The van der Waals surface area contributed by atoms with Gasteiger partial charge in [-0.05, 0) is 24.3 Å². The van der Waals surface area contributed by atoms with Gasteiger partial charge in [-0.1, -0.05) is 0 Å². The van der Waals surface area contributed by atoms with Gasteiger partial charge in [0.2, 0.25) is 5.95 Å². The molecule has 0 radical (unpaired) electrons. The summed E-state index contributed by atoms with van der Waals surface area (Å²) in [4.78, 5) is 45.3. The molecule has 0 spiro atoms. The largest absolute Gasteiger partial charge is 0.378 e. The number of aryl methyl sites for hydroxylation is 1. The molecule has 1 aliphatic heterocycles. The van der Waals surface area contributed by atoms with Gasteiger partial charge < -0.3 is 28.8 Å². The van der Waals surface area contributed by atoms with Gasteiger partial charge in [-0.25, -0.2) is 29.7 Å². The number of aromatic nitrogens is 6. The first-order valence-electron chi connectivity index (χ1n) is 12.1. The van der Waals surface area contributed by atoms with Gasteiger partial charge in [-0.2, -0.15) is 5.90 Å². The molecular formula is C25H30N10O3. The summed E-state index contributed by atoms with van der Waals surface area (Å²) >= 11 is 0. The number of ether oxygens (including phenoxy) is 1. The van der Waals surface area contributed by atoms with Gasteiger partial charge in [0, 0.05) is 64.9 Å². The fourth-order valence-corrected chi connectivity index (χ4v) is 4.24. The highest BCUT2D eigenvalue weighted by molar-refractivity contribution is 5.88. The minimum Gasteiger partial charge on any atom is -0.378 e. The minimum atomic E-state index is -0.698. The Labute approximate surface area is 219 Å². The molecule has 3 aromatic heterocycles. The molecule has 1 aromatic carbocycles. The SMILES string of the molecule is CN(C)c1ccc(-c2nc(N3CCOCC3)c3nc(CN(C)c4ncc(C(=O)ON)cn4)n(C)c3n2)cc1. The van der Waals surface area contributed by atoms with Crippen molar-refractivity contribution in [3.8, 4) is 11.4 Å². The third kappa shape index (κ3) is 4.93. The highest BCUT2D eigenvalue weighted by Crippen LogP contribution is 2.29. The molecule has 2 N–H and O–H groups in total. The molecule has 5 rings (SSSR count). The van der Waals surface area contributed by atoms with Crippen LogP contribution in [0.2, 0.25) is 0 Å². The van der Waals surface area contributed by atoms with E-state index in [1.54, 1.807) is 0 Å². The van der Waals surface area contributed by atoms with Crippen molar-refractivity contribution < 1.29 is 14.4 Å². The van der Waals surface area contributed by atoms with E-state index in [1.807, 2.05) is 49.8 Å². The Morgan fingerprint density at radius 1 is 1.05 bits per heavy atom. The Bertz CT molecular complexity index is 1430. The van der Waals surface area contributed by atoms with E-state index in [0.29, 0.717) is 31.5 Å². The lowest BCUT2D eigenvalue weighted by Gasteiger charge is -2.28. The molecule has 0 amide bonds. The lowest BCUT2D eigenvalue weighted by Crippen LogP contribution is -2.37. The van der Waals surface area contributed by atoms with Crippen molar-refractivity contribution in [2.75, 3.05) is 62.1 Å². The predicted octanol–water partition coefficient (Wildman–Crippen LogP) is 1.39. The summed E-state index contributed by atoms with van der Waals surface area (Å²) in [5.41, 5.74) is 3.66. The quantitative estimate of drug-likeness (QED) is 0.353. The molecule has 198 valence electrons. The van der Waals surface area contributed by atoms with Crippen LogP contribution in [0.5, 0.6) is 0 Å². The van der Waals surface area contributed by atoms with Gasteiger partial charge in [-0.3, -0.25) is 0 Å². The third-order valence-corrected chi connectivity index (χ3v) is 6.45. The number of carbonyl (C=O) groups is 1. The number of fused-ring (bicyclic) bond motifs is 1. The summed E-state index contributed by atoms with van der Waals surface area (Å²) in [5, 5.41) is 0. The molecule has 0 aliphatic carbocycles.